The molecule has 0 amide bonds. The van der Waals surface area contributed by atoms with Crippen LogP contribution in [-0.4, -0.2) is 27.4 Å². The molecule has 0 saturated heterocycles. The summed E-state index contributed by atoms with van der Waals surface area (Å²) in [6.45, 7) is 0. The number of oxime groups is 2. The van der Waals surface area contributed by atoms with Gasteiger partial charge in [0.05, 0.1) is 12.4 Å². The van der Waals surface area contributed by atoms with Crippen molar-refractivity contribution in [2.45, 2.75) is 0 Å². The summed E-state index contributed by atoms with van der Waals surface area (Å²) in [6.07, 6.45) is 2.26. The van der Waals surface area contributed by atoms with Crippen molar-refractivity contribution in [2.75, 3.05) is 0 Å². The highest BCUT2D eigenvalue weighted by Gasteiger charge is 2.19. The topological polar surface area (TPSA) is 70.1 Å². The zero-order valence-electron chi connectivity index (χ0n) is 9.53. The first-order chi connectivity index (χ1) is 9.20. The van der Waals surface area contributed by atoms with E-state index in [1.165, 1.54) is 0 Å². The fourth-order valence-corrected chi connectivity index (χ4v) is 2.42. The minimum absolute atomic E-state index is 0.254. The molecule has 7 heteroatoms. The van der Waals surface area contributed by atoms with Gasteiger partial charge < -0.3 is 10.4 Å². The zero-order valence-corrected chi connectivity index (χ0v) is 11.0. The summed E-state index contributed by atoms with van der Waals surface area (Å²) in [5, 5.41) is 23.7. The predicted molar refractivity (Wildman–Crippen MR) is 74.6 cm³/mol. The van der Waals surface area contributed by atoms with Crippen LogP contribution in [0.25, 0.3) is 5.69 Å². The Morgan fingerprint density at radius 3 is 1.79 bits per heavy atom. The average Bonchev–Trinajstić information content (AvgIpc) is 2.65. The van der Waals surface area contributed by atoms with Gasteiger partial charge in [-0.25, -0.2) is 0 Å². The number of hydrogen-bond acceptors (Lipinski definition) is 4. The summed E-state index contributed by atoms with van der Waals surface area (Å²) in [5.74, 6) is 0. The van der Waals surface area contributed by atoms with Gasteiger partial charge in [-0.2, -0.15) is 0 Å². The van der Waals surface area contributed by atoms with Crippen molar-refractivity contribution >= 4 is 35.6 Å². The molecule has 0 radical (unpaired) electrons. The van der Waals surface area contributed by atoms with Crippen molar-refractivity contribution in [1.29, 1.82) is 0 Å². The molecule has 19 heavy (non-hydrogen) atoms. The van der Waals surface area contributed by atoms with Crippen LogP contribution in [0, 0.1) is 0 Å². The largest absolute Gasteiger partial charge is 0.411 e. The third kappa shape index (κ3) is 2.43. The standard InChI is InChI=1S/C12H9Cl2N3O2/c13-11-9(6-15-18)10(7-16-19)12(14)17(11)8-4-2-1-3-5-8/h1-7,18-19H/b15-6+,16-7+. The first-order valence-electron chi connectivity index (χ1n) is 5.20. The van der Waals surface area contributed by atoms with E-state index in [0.717, 1.165) is 18.1 Å². The van der Waals surface area contributed by atoms with Gasteiger partial charge in [0, 0.05) is 16.8 Å². The van der Waals surface area contributed by atoms with Gasteiger partial charge >= 0.3 is 0 Å². The molecule has 0 bridgehead atoms. The molecule has 0 spiro atoms. The van der Waals surface area contributed by atoms with Crippen LogP contribution in [-0.2, 0) is 0 Å². The molecule has 0 aliphatic rings. The quantitative estimate of drug-likeness (QED) is 0.518. The Kier molecular flexibility index (Phi) is 4.09. The fourth-order valence-electron chi connectivity index (χ4n) is 1.71. The van der Waals surface area contributed by atoms with Crippen molar-refractivity contribution < 1.29 is 10.4 Å². The van der Waals surface area contributed by atoms with Crippen LogP contribution in [0.15, 0.2) is 40.6 Å². The molecule has 98 valence electrons. The van der Waals surface area contributed by atoms with Gasteiger partial charge in [0.15, 0.2) is 0 Å². The molecule has 0 unspecified atom stereocenters. The Hall–Kier alpha value is -1.98. The lowest BCUT2D eigenvalue weighted by Crippen LogP contribution is -1.94. The zero-order chi connectivity index (χ0) is 13.8. The lowest BCUT2D eigenvalue weighted by Gasteiger charge is -2.06. The van der Waals surface area contributed by atoms with Gasteiger partial charge in [-0.1, -0.05) is 51.7 Å². The van der Waals surface area contributed by atoms with Crippen LogP contribution < -0.4 is 0 Å². The minimum atomic E-state index is 0.254. The van der Waals surface area contributed by atoms with Crippen LogP contribution in [0.2, 0.25) is 10.3 Å². The van der Waals surface area contributed by atoms with E-state index in [9.17, 15) is 0 Å². The van der Waals surface area contributed by atoms with Crippen LogP contribution in [0.3, 0.4) is 0 Å². The summed E-state index contributed by atoms with van der Waals surface area (Å²) in [6, 6.07) is 9.17. The third-order valence-corrected chi connectivity index (χ3v) is 3.26. The molecule has 2 rings (SSSR count). The Morgan fingerprint density at radius 1 is 0.895 bits per heavy atom. The molecule has 2 aromatic rings. The first kappa shape index (κ1) is 13.5. The van der Waals surface area contributed by atoms with Crippen LogP contribution in [0.4, 0.5) is 0 Å². The van der Waals surface area contributed by atoms with Gasteiger partial charge in [-0.3, -0.25) is 4.57 Å². The third-order valence-electron chi connectivity index (χ3n) is 2.52. The van der Waals surface area contributed by atoms with Gasteiger partial charge in [0.2, 0.25) is 0 Å². The lowest BCUT2D eigenvalue weighted by molar-refractivity contribution is 0.321. The van der Waals surface area contributed by atoms with E-state index in [4.69, 9.17) is 33.6 Å². The fraction of sp³-hybridized carbons (Fsp3) is 0. The Labute approximate surface area is 119 Å². The molecule has 1 aromatic carbocycles. The maximum absolute atomic E-state index is 8.66. The molecular formula is C12H9Cl2N3O2. The number of hydrogen-bond donors (Lipinski definition) is 2. The van der Waals surface area contributed by atoms with Crippen molar-refractivity contribution in [3.05, 3.63) is 51.8 Å². The summed E-state index contributed by atoms with van der Waals surface area (Å²) in [7, 11) is 0. The first-order valence-corrected chi connectivity index (χ1v) is 5.96. The summed E-state index contributed by atoms with van der Waals surface area (Å²) in [5.41, 5.74) is 1.45. The minimum Gasteiger partial charge on any atom is -0.411 e. The number of aromatic nitrogens is 1. The van der Waals surface area contributed by atoms with E-state index in [1.807, 2.05) is 30.3 Å². The molecule has 0 aliphatic heterocycles. The number of halogens is 2. The second-order valence-corrected chi connectivity index (χ2v) is 4.29. The van der Waals surface area contributed by atoms with E-state index < -0.39 is 0 Å². The number of nitrogens with zero attached hydrogens (tertiary/aromatic N) is 3. The van der Waals surface area contributed by atoms with Crippen molar-refractivity contribution in [1.82, 2.24) is 4.57 Å². The van der Waals surface area contributed by atoms with Crippen molar-refractivity contribution in [3.8, 4) is 5.69 Å². The van der Waals surface area contributed by atoms with Crippen LogP contribution in [0.1, 0.15) is 11.1 Å². The highest BCUT2D eigenvalue weighted by atomic mass is 35.5. The Morgan fingerprint density at radius 2 is 1.37 bits per heavy atom. The monoisotopic (exact) mass is 297 g/mol. The molecule has 1 aromatic heterocycles. The van der Waals surface area contributed by atoms with Crippen molar-refractivity contribution in [2.24, 2.45) is 10.3 Å². The maximum Gasteiger partial charge on any atom is 0.124 e. The second kappa shape index (κ2) is 5.77. The molecule has 0 fully saturated rings. The van der Waals surface area contributed by atoms with Crippen LogP contribution in [0.5, 0.6) is 0 Å². The number of para-hydroxylation sites is 1. The SMILES string of the molecule is O/N=C/c1c(/C=N/O)c(Cl)n(-c2ccccc2)c1Cl. The van der Waals surface area contributed by atoms with Crippen LogP contribution >= 0.6 is 23.2 Å². The second-order valence-electron chi connectivity index (χ2n) is 3.57. The maximum atomic E-state index is 8.66. The summed E-state index contributed by atoms with van der Waals surface area (Å²) >= 11 is 12.4. The van der Waals surface area contributed by atoms with E-state index in [-0.39, 0.29) is 10.3 Å². The predicted octanol–water partition coefficient (Wildman–Crippen LogP) is 3.40. The molecule has 0 aliphatic carbocycles. The molecule has 0 saturated carbocycles. The van der Waals surface area contributed by atoms with Gasteiger partial charge in [0.25, 0.3) is 0 Å². The van der Waals surface area contributed by atoms with E-state index in [0.29, 0.717) is 11.1 Å². The molecule has 2 N–H and O–H groups in total. The van der Waals surface area contributed by atoms with Gasteiger partial charge in [-0.05, 0) is 12.1 Å². The Balaban J connectivity index is 2.73. The Bertz CT molecular complexity index is 601. The molecule has 1 heterocycles. The number of benzene rings is 1. The lowest BCUT2D eigenvalue weighted by atomic mass is 10.2. The highest BCUT2D eigenvalue weighted by Crippen LogP contribution is 2.32. The molecule has 0 atom stereocenters. The van der Waals surface area contributed by atoms with Gasteiger partial charge in [-0.15, -0.1) is 0 Å². The average molecular weight is 298 g/mol. The molecule has 5 nitrogen and oxygen atoms in total. The van der Waals surface area contributed by atoms with E-state index in [1.54, 1.807) is 4.57 Å². The highest BCUT2D eigenvalue weighted by molar-refractivity contribution is 6.38. The summed E-state index contributed by atoms with van der Waals surface area (Å²) < 4.78 is 1.55. The smallest absolute Gasteiger partial charge is 0.124 e. The molecular weight excluding hydrogens is 289 g/mol. The van der Waals surface area contributed by atoms with E-state index in [2.05, 4.69) is 10.3 Å². The van der Waals surface area contributed by atoms with Crippen molar-refractivity contribution in [3.63, 3.8) is 0 Å². The van der Waals surface area contributed by atoms with Gasteiger partial charge in [0.1, 0.15) is 10.3 Å². The normalized spacial score (nSPS) is 11.7. The van der Waals surface area contributed by atoms with E-state index >= 15 is 0 Å². The summed E-state index contributed by atoms with van der Waals surface area (Å²) in [4.78, 5) is 0. The number of rotatable bonds is 3.